The minimum absolute atomic E-state index is 0.788. The van der Waals surface area contributed by atoms with Crippen LogP contribution in [0.3, 0.4) is 0 Å². The summed E-state index contributed by atoms with van der Waals surface area (Å²) in [4.78, 5) is 0. The summed E-state index contributed by atoms with van der Waals surface area (Å²) >= 11 is 5.48. The summed E-state index contributed by atoms with van der Waals surface area (Å²) in [6.07, 6.45) is 9.16. The summed E-state index contributed by atoms with van der Waals surface area (Å²) in [5.74, 6) is 0.788. The first-order valence-corrected chi connectivity index (χ1v) is 4.16. The molecule has 0 heterocycles. The molecule has 0 aliphatic heterocycles. The van der Waals surface area contributed by atoms with Crippen molar-refractivity contribution >= 4 is 11.6 Å². The van der Waals surface area contributed by atoms with E-state index < -0.39 is 0 Å². The van der Waals surface area contributed by atoms with E-state index in [4.69, 9.17) is 11.6 Å². The fourth-order valence-electron chi connectivity index (χ4n) is 0.597. The number of unbranched alkanes of at least 4 members (excludes halogenated alkanes) is 2. The zero-order valence-electron chi connectivity index (χ0n) is 6.07. The van der Waals surface area contributed by atoms with Gasteiger partial charge in [-0.15, -0.1) is 11.6 Å². The minimum Gasteiger partial charge on any atom is -0.127 e. The Balaban J connectivity index is 2.86. The fraction of sp³-hybridized carbons (Fsp3) is 0.750. The van der Waals surface area contributed by atoms with Crippen LogP contribution in [0.25, 0.3) is 0 Å². The van der Waals surface area contributed by atoms with E-state index in [-0.39, 0.29) is 0 Å². The number of allylic oxidation sites excluding steroid dienone is 2. The molecule has 0 aromatic carbocycles. The second-order valence-electron chi connectivity index (χ2n) is 2.09. The van der Waals surface area contributed by atoms with E-state index in [9.17, 15) is 0 Å². The Bertz CT molecular complexity index is 67.0. The molecule has 0 saturated carbocycles. The van der Waals surface area contributed by atoms with Gasteiger partial charge in [-0.2, -0.15) is 0 Å². The monoisotopic (exact) mass is 146 g/mol. The van der Waals surface area contributed by atoms with Crippen LogP contribution in [-0.4, -0.2) is 5.88 Å². The number of hydrogen-bond acceptors (Lipinski definition) is 0. The molecule has 0 amide bonds. The van der Waals surface area contributed by atoms with Crippen LogP contribution >= 0.6 is 11.6 Å². The van der Waals surface area contributed by atoms with E-state index >= 15 is 0 Å². The largest absolute Gasteiger partial charge is 0.127 e. The summed E-state index contributed by atoms with van der Waals surface area (Å²) in [6, 6.07) is 0. The fourth-order valence-corrected chi connectivity index (χ4v) is 0.752. The minimum atomic E-state index is 0.788. The summed E-state index contributed by atoms with van der Waals surface area (Å²) in [5, 5.41) is 0. The lowest BCUT2D eigenvalue weighted by atomic mass is 10.2. The molecule has 54 valence electrons. The van der Waals surface area contributed by atoms with Crippen LogP contribution < -0.4 is 0 Å². The Morgan fingerprint density at radius 2 is 1.89 bits per heavy atom. The molecule has 0 aliphatic carbocycles. The molecule has 0 saturated heterocycles. The van der Waals surface area contributed by atoms with Crippen molar-refractivity contribution in [3.8, 4) is 0 Å². The van der Waals surface area contributed by atoms with Crippen LogP contribution in [0.15, 0.2) is 12.2 Å². The number of halogens is 1. The molecule has 0 atom stereocenters. The van der Waals surface area contributed by atoms with Crippen LogP contribution in [-0.2, 0) is 0 Å². The van der Waals surface area contributed by atoms with Gasteiger partial charge in [-0.25, -0.2) is 0 Å². The van der Waals surface area contributed by atoms with Gasteiger partial charge in [0.25, 0.3) is 0 Å². The molecule has 9 heavy (non-hydrogen) atoms. The van der Waals surface area contributed by atoms with E-state index in [1.165, 1.54) is 12.8 Å². The maximum absolute atomic E-state index is 5.48. The maximum atomic E-state index is 5.48. The molecular weight excluding hydrogens is 132 g/mol. The van der Waals surface area contributed by atoms with Crippen molar-refractivity contribution in [3.05, 3.63) is 12.2 Å². The lowest BCUT2D eigenvalue weighted by molar-refractivity contribution is 0.925. The molecule has 0 rings (SSSR count). The molecule has 0 unspecified atom stereocenters. The first-order chi connectivity index (χ1) is 4.41. The van der Waals surface area contributed by atoms with Crippen LogP contribution in [0.4, 0.5) is 0 Å². The van der Waals surface area contributed by atoms with Gasteiger partial charge in [0.05, 0.1) is 0 Å². The van der Waals surface area contributed by atoms with Gasteiger partial charge in [0.15, 0.2) is 0 Å². The van der Waals surface area contributed by atoms with Gasteiger partial charge in [0, 0.05) is 5.88 Å². The summed E-state index contributed by atoms with van der Waals surface area (Å²) < 4.78 is 0. The third kappa shape index (κ3) is 8.03. The Labute approximate surface area is 62.9 Å². The molecular formula is C8H15Cl. The van der Waals surface area contributed by atoms with E-state index in [1.807, 2.05) is 0 Å². The normalized spacial score (nSPS) is 10.9. The van der Waals surface area contributed by atoms with Gasteiger partial charge in [-0.3, -0.25) is 0 Å². The quantitative estimate of drug-likeness (QED) is 0.317. The SMILES string of the molecule is CCC/C=C\CCCCl. The predicted molar refractivity (Wildman–Crippen MR) is 44.0 cm³/mol. The lowest BCUT2D eigenvalue weighted by Crippen LogP contribution is -1.70. The molecule has 1 heteroatoms. The molecule has 0 aliphatic rings. The topological polar surface area (TPSA) is 0 Å². The zero-order valence-corrected chi connectivity index (χ0v) is 6.82. The molecule has 0 N–H and O–H groups in total. The second kappa shape index (κ2) is 8.03. The van der Waals surface area contributed by atoms with Crippen LogP contribution in [0.2, 0.25) is 0 Å². The number of rotatable bonds is 5. The van der Waals surface area contributed by atoms with E-state index in [0.717, 1.165) is 18.7 Å². The van der Waals surface area contributed by atoms with E-state index in [2.05, 4.69) is 19.1 Å². The Morgan fingerprint density at radius 3 is 2.44 bits per heavy atom. The van der Waals surface area contributed by atoms with Crippen molar-refractivity contribution in [2.75, 3.05) is 5.88 Å². The first-order valence-electron chi connectivity index (χ1n) is 3.62. The molecule has 0 fully saturated rings. The standard InChI is InChI=1S/C8H15Cl/c1-2-3-4-5-6-7-8-9/h4-5H,2-3,6-8H2,1H3/b5-4-. The Kier molecular flexibility index (Phi) is 8.06. The lowest BCUT2D eigenvalue weighted by Gasteiger charge is -1.86. The number of hydrogen-bond donors (Lipinski definition) is 0. The molecule has 0 aromatic heterocycles. The molecule has 0 spiro atoms. The van der Waals surface area contributed by atoms with Gasteiger partial charge >= 0.3 is 0 Å². The average molecular weight is 147 g/mol. The van der Waals surface area contributed by atoms with Crippen molar-refractivity contribution in [1.29, 1.82) is 0 Å². The van der Waals surface area contributed by atoms with Gasteiger partial charge in [0.2, 0.25) is 0 Å². The van der Waals surface area contributed by atoms with E-state index in [1.54, 1.807) is 0 Å². The third-order valence-electron chi connectivity index (χ3n) is 1.13. The highest BCUT2D eigenvalue weighted by molar-refractivity contribution is 6.17. The first kappa shape index (κ1) is 9.03. The summed E-state index contributed by atoms with van der Waals surface area (Å²) in [6.45, 7) is 2.19. The van der Waals surface area contributed by atoms with Gasteiger partial charge < -0.3 is 0 Å². The van der Waals surface area contributed by atoms with Crippen molar-refractivity contribution in [1.82, 2.24) is 0 Å². The predicted octanol–water partition coefficient (Wildman–Crippen LogP) is 3.36. The van der Waals surface area contributed by atoms with Crippen LogP contribution in [0.5, 0.6) is 0 Å². The van der Waals surface area contributed by atoms with Crippen molar-refractivity contribution < 1.29 is 0 Å². The summed E-state index contributed by atoms with van der Waals surface area (Å²) in [7, 11) is 0. The van der Waals surface area contributed by atoms with Crippen molar-refractivity contribution in [3.63, 3.8) is 0 Å². The molecule has 0 aromatic rings. The van der Waals surface area contributed by atoms with Crippen molar-refractivity contribution in [2.24, 2.45) is 0 Å². The second-order valence-corrected chi connectivity index (χ2v) is 2.47. The van der Waals surface area contributed by atoms with Gasteiger partial charge in [0.1, 0.15) is 0 Å². The van der Waals surface area contributed by atoms with E-state index in [0.29, 0.717) is 0 Å². The van der Waals surface area contributed by atoms with Gasteiger partial charge in [-0.05, 0) is 19.3 Å². The molecule has 0 nitrogen and oxygen atoms in total. The van der Waals surface area contributed by atoms with Crippen LogP contribution in [0.1, 0.15) is 32.6 Å². The third-order valence-corrected chi connectivity index (χ3v) is 1.39. The van der Waals surface area contributed by atoms with Gasteiger partial charge in [-0.1, -0.05) is 25.5 Å². The van der Waals surface area contributed by atoms with Crippen LogP contribution in [0, 0.1) is 0 Å². The molecule has 0 radical (unpaired) electrons. The smallest absolute Gasteiger partial charge is 0.0226 e. The Hall–Kier alpha value is 0.0300. The average Bonchev–Trinajstić information content (AvgIpc) is 1.89. The molecule has 0 bridgehead atoms. The highest BCUT2D eigenvalue weighted by Crippen LogP contribution is 1.95. The number of alkyl halides is 1. The zero-order chi connectivity index (χ0) is 6.95. The highest BCUT2D eigenvalue weighted by atomic mass is 35.5. The maximum Gasteiger partial charge on any atom is 0.0226 e. The van der Waals surface area contributed by atoms with Crippen molar-refractivity contribution in [2.45, 2.75) is 32.6 Å². The summed E-state index contributed by atoms with van der Waals surface area (Å²) in [5.41, 5.74) is 0. The highest BCUT2D eigenvalue weighted by Gasteiger charge is 1.77. The Morgan fingerprint density at radius 1 is 1.22 bits per heavy atom.